The van der Waals surface area contributed by atoms with E-state index in [0.29, 0.717) is 31.1 Å². The number of piperazine rings is 1. The van der Waals surface area contributed by atoms with Crippen LogP contribution in [0.3, 0.4) is 0 Å². The van der Waals surface area contributed by atoms with Crippen molar-refractivity contribution in [1.82, 2.24) is 9.88 Å². The van der Waals surface area contributed by atoms with E-state index in [1.54, 1.807) is 24.3 Å². The molecule has 0 N–H and O–H groups in total. The van der Waals surface area contributed by atoms with Crippen LogP contribution in [0.15, 0.2) is 72.9 Å². The number of anilines is 1. The van der Waals surface area contributed by atoms with E-state index in [4.69, 9.17) is 16.3 Å². The van der Waals surface area contributed by atoms with Gasteiger partial charge >= 0.3 is 6.18 Å². The van der Waals surface area contributed by atoms with E-state index >= 15 is 0 Å². The third-order valence-electron chi connectivity index (χ3n) is 5.86. The molecule has 9 heteroatoms. The van der Waals surface area contributed by atoms with E-state index in [1.807, 2.05) is 47.4 Å². The van der Waals surface area contributed by atoms with Crippen LogP contribution in [0.25, 0.3) is 6.08 Å². The highest BCUT2D eigenvalue weighted by Crippen LogP contribution is 2.33. The number of pyridine rings is 1. The number of allylic oxidation sites excluding steroid dienone is 1. The van der Waals surface area contributed by atoms with Gasteiger partial charge < -0.3 is 9.64 Å². The Kier molecular flexibility index (Phi) is 8.28. The molecule has 36 heavy (non-hydrogen) atoms. The zero-order valence-corrected chi connectivity index (χ0v) is 20.2. The molecule has 1 fully saturated rings. The number of halogens is 4. The van der Waals surface area contributed by atoms with Crippen LogP contribution in [-0.2, 0) is 6.18 Å². The highest BCUT2D eigenvalue weighted by Gasteiger charge is 2.32. The Labute approximate surface area is 212 Å². The molecule has 1 aliphatic heterocycles. The van der Waals surface area contributed by atoms with Crippen LogP contribution in [0.2, 0.25) is 5.02 Å². The van der Waals surface area contributed by atoms with Gasteiger partial charge in [0.2, 0.25) is 0 Å². The van der Waals surface area contributed by atoms with Gasteiger partial charge in [-0.3, -0.25) is 9.69 Å². The minimum Gasteiger partial charge on any atom is -0.492 e. The summed E-state index contributed by atoms with van der Waals surface area (Å²) in [5, 5.41) is 0.00401. The Morgan fingerprint density at radius 1 is 1.03 bits per heavy atom. The first-order valence-electron chi connectivity index (χ1n) is 11.5. The van der Waals surface area contributed by atoms with Gasteiger partial charge in [-0.1, -0.05) is 60.1 Å². The van der Waals surface area contributed by atoms with Gasteiger partial charge in [-0.2, -0.15) is 13.2 Å². The number of rotatable bonds is 8. The average Bonchev–Trinajstić information content (AvgIpc) is 2.88. The van der Waals surface area contributed by atoms with Gasteiger partial charge in [0.25, 0.3) is 0 Å². The molecule has 3 aromatic rings. The fourth-order valence-corrected chi connectivity index (χ4v) is 4.13. The lowest BCUT2D eigenvalue weighted by Gasteiger charge is -2.35. The Bertz CT molecular complexity index is 1190. The molecule has 1 saturated heterocycles. The predicted molar refractivity (Wildman–Crippen MR) is 135 cm³/mol. The topological polar surface area (TPSA) is 45.7 Å². The summed E-state index contributed by atoms with van der Waals surface area (Å²) in [5.41, 5.74) is 0.698. The van der Waals surface area contributed by atoms with Crippen molar-refractivity contribution in [2.45, 2.75) is 6.18 Å². The van der Waals surface area contributed by atoms with E-state index < -0.39 is 11.7 Å². The van der Waals surface area contributed by atoms with Crippen molar-refractivity contribution < 1.29 is 22.7 Å². The molecule has 0 spiro atoms. The zero-order chi connectivity index (χ0) is 25.5. The smallest absolute Gasteiger partial charge is 0.417 e. The highest BCUT2D eigenvalue weighted by atomic mass is 35.5. The molecule has 0 atom stereocenters. The van der Waals surface area contributed by atoms with Crippen LogP contribution < -0.4 is 9.64 Å². The maximum atomic E-state index is 12.8. The summed E-state index contributed by atoms with van der Waals surface area (Å²) < 4.78 is 44.3. The second-order valence-electron chi connectivity index (χ2n) is 8.34. The monoisotopic (exact) mass is 515 g/mol. The summed E-state index contributed by atoms with van der Waals surface area (Å²) in [6, 6.07) is 17.5. The average molecular weight is 516 g/mol. The van der Waals surface area contributed by atoms with Crippen LogP contribution >= 0.6 is 11.6 Å². The largest absolute Gasteiger partial charge is 0.492 e. The lowest BCUT2D eigenvalue weighted by atomic mass is 10.1. The number of hydrogen-bond acceptors (Lipinski definition) is 5. The lowest BCUT2D eigenvalue weighted by molar-refractivity contribution is -0.137. The third kappa shape index (κ3) is 6.86. The molecular weight excluding hydrogens is 491 g/mol. The Morgan fingerprint density at radius 3 is 2.36 bits per heavy atom. The van der Waals surface area contributed by atoms with Crippen molar-refractivity contribution in [3.63, 3.8) is 0 Å². The number of hydrogen-bond donors (Lipinski definition) is 0. The number of aromatic nitrogens is 1. The molecule has 0 saturated carbocycles. The first-order valence-corrected chi connectivity index (χ1v) is 11.9. The zero-order valence-electron chi connectivity index (χ0n) is 19.4. The lowest BCUT2D eigenvalue weighted by Crippen LogP contribution is -2.47. The standard InChI is InChI=1S/C27H25ClF3N3O2/c28-24-18-22(27(29,30)31)19-32-26(24)34-14-12-33(13-15-34)16-17-36-23-9-6-20(7-10-23)8-11-25(35)21-4-2-1-3-5-21/h1-11,18-19H,12-17H2/b11-8+. The van der Waals surface area contributed by atoms with E-state index in [-0.39, 0.29) is 10.8 Å². The van der Waals surface area contributed by atoms with Crippen molar-refractivity contribution in [1.29, 1.82) is 0 Å². The van der Waals surface area contributed by atoms with E-state index in [9.17, 15) is 18.0 Å². The van der Waals surface area contributed by atoms with Gasteiger partial charge in [0, 0.05) is 44.5 Å². The summed E-state index contributed by atoms with van der Waals surface area (Å²) in [5.74, 6) is 1.06. The molecule has 0 aliphatic carbocycles. The molecular formula is C27H25ClF3N3O2. The molecule has 1 aliphatic rings. The van der Waals surface area contributed by atoms with Gasteiger partial charge in [0.05, 0.1) is 10.6 Å². The van der Waals surface area contributed by atoms with Crippen molar-refractivity contribution in [3.8, 4) is 5.75 Å². The normalized spacial score (nSPS) is 14.8. The Morgan fingerprint density at radius 2 is 1.72 bits per heavy atom. The second-order valence-corrected chi connectivity index (χ2v) is 8.74. The molecule has 0 amide bonds. The van der Waals surface area contributed by atoms with Crippen molar-refractivity contribution >= 4 is 29.3 Å². The first kappa shape index (κ1) is 25.7. The summed E-state index contributed by atoms with van der Waals surface area (Å²) >= 11 is 6.07. The van der Waals surface area contributed by atoms with Gasteiger partial charge in [0.15, 0.2) is 5.78 Å². The van der Waals surface area contributed by atoms with E-state index in [1.165, 1.54) is 0 Å². The second kappa shape index (κ2) is 11.6. The van der Waals surface area contributed by atoms with Crippen LogP contribution in [0.5, 0.6) is 5.75 Å². The predicted octanol–water partition coefficient (Wildman–Crippen LogP) is 5.85. The van der Waals surface area contributed by atoms with Crippen molar-refractivity contribution in [3.05, 3.63) is 94.6 Å². The number of ether oxygens (including phenoxy) is 1. The van der Waals surface area contributed by atoms with E-state index in [2.05, 4.69) is 9.88 Å². The summed E-state index contributed by atoms with van der Waals surface area (Å²) in [6.07, 6.45) is -0.315. The Hall–Kier alpha value is -3.36. The number of alkyl halides is 3. The van der Waals surface area contributed by atoms with Crippen LogP contribution in [0.1, 0.15) is 21.5 Å². The fraction of sp³-hybridized carbons (Fsp3) is 0.259. The van der Waals surface area contributed by atoms with Gasteiger partial charge in [-0.05, 0) is 29.8 Å². The molecule has 1 aromatic heterocycles. The number of ketones is 1. The molecule has 5 nitrogen and oxygen atoms in total. The summed E-state index contributed by atoms with van der Waals surface area (Å²) in [6.45, 7) is 3.89. The molecule has 188 valence electrons. The maximum Gasteiger partial charge on any atom is 0.417 e. The fourth-order valence-electron chi connectivity index (χ4n) is 3.84. The van der Waals surface area contributed by atoms with Gasteiger partial charge in [-0.15, -0.1) is 0 Å². The van der Waals surface area contributed by atoms with Crippen LogP contribution in [0.4, 0.5) is 19.0 Å². The summed E-state index contributed by atoms with van der Waals surface area (Å²) in [7, 11) is 0. The molecule has 0 radical (unpaired) electrons. The minimum atomic E-state index is -4.47. The Balaban J connectivity index is 1.20. The molecule has 0 unspecified atom stereocenters. The van der Waals surface area contributed by atoms with Crippen LogP contribution in [-0.4, -0.2) is 55.0 Å². The number of carbonyl (C=O) groups excluding carboxylic acids is 1. The van der Waals surface area contributed by atoms with Gasteiger partial charge in [0.1, 0.15) is 18.2 Å². The van der Waals surface area contributed by atoms with Crippen molar-refractivity contribution in [2.24, 2.45) is 0 Å². The quantitative estimate of drug-likeness (QED) is 0.278. The number of benzene rings is 2. The highest BCUT2D eigenvalue weighted by molar-refractivity contribution is 6.33. The molecule has 2 aromatic carbocycles. The minimum absolute atomic E-state index is 0.00401. The maximum absolute atomic E-state index is 12.8. The molecule has 0 bridgehead atoms. The van der Waals surface area contributed by atoms with E-state index in [0.717, 1.165) is 43.2 Å². The van der Waals surface area contributed by atoms with Crippen molar-refractivity contribution in [2.75, 3.05) is 44.2 Å². The third-order valence-corrected chi connectivity index (χ3v) is 6.14. The first-order chi connectivity index (χ1) is 17.3. The molecule has 2 heterocycles. The SMILES string of the molecule is O=C(/C=C/c1ccc(OCCN2CCN(c3ncc(C(F)(F)F)cc3Cl)CC2)cc1)c1ccccc1. The summed E-state index contributed by atoms with van der Waals surface area (Å²) in [4.78, 5) is 20.2. The molecule has 4 rings (SSSR count). The van der Waals surface area contributed by atoms with Crippen LogP contribution in [0, 0.1) is 0 Å². The van der Waals surface area contributed by atoms with Gasteiger partial charge in [-0.25, -0.2) is 4.98 Å². The number of nitrogens with zero attached hydrogens (tertiary/aromatic N) is 3. The number of carbonyl (C=O) groups is 1.